The molecular formula is C16H25NO. The van der Waals surface area contributed by atoms with Gasteiger partial charge in [-0.2, -0.15) is 0 Å². The first-order valence-corrected chi connectivity index (χ1v) is 6.92. The van der Waals surface area contributed by atoms with E-state index >= 15 is 0 Å². The zero-order valence-electron chi connectivity index (χ0n) is 11.9. The molecule has 0 aromatic heterocycles. The first kappa shape index (κ1) is 13.6. The Bertz CT molecular complexity index is 385. The smallest absolute Gasteiger partial charge is 0.0621 e. The summed E-state index contributed by atoms with van der Waals surface area (Å²) in [6.45, 7) is 8.77. The number of rotatable bonds is 4. The summed E-state index contributed by atoms with van der Waals surface area (Å²) >= 11 is 0. The number of benzene rings is 1. The molecule has 0 aliphatic heterocycles. The minimum absolute atomic E-state index is 0.0120. The van der Waals surface area contributed by atoms with Gasteiger partial charge in [0, 0.05) is 17.5 Å². The quantitative estimate of drug-likeness (QED) is 0.856. The van der Waals surface area contributed by atoms with Gasteiger partial charge in [-0.25, -0.2) is 0 Å². The molecule has 2 N–H and O–H groups in total. The highest BCUT2D eigenvalue weighted by atomic mass is 16.3. The van der Waals surface area contributed by atoms with Crippen molar-refractivity contribution in [3.63, 3.8) is 0 Å². The zero-order chi connectivity index (χ0) is 13.3. The van der Waals surface area contributed by atoms with Gasteiger partial charge in [0.2, 0.25) is 0 Å². The molecule has 1 aliphatic carbocycles. The number of hydrogen-bond donors (Lipinski definition) is 2. The Balaban J connectivity index is 2.09. The van der Waals surface area contributed by atoms with Gasteiger partial charge in [0.05, 0.1) is 6.10 Å². The summed E-state index contributed by atoms with van der Waals surface area (Å²) in [6, 6.07) is 11.4. The average molecular weight is 247 g/mol. The molecule has 1 aromatic carbocycles. The fourth-order valence-electron chi connectivity index (χ4n) is 2.74. The lowest BCUT2D eigenvalue weighted by Gasteiger charge is -2.51. The zero-order valence-corrected chi connectivity index (χ0v) is 11.9. The average Bonchev–Trinajstić information content (AvgIpc) is 2.34. The third-order valence-corrected chi connectivity index (χ3v) is 4.42. The molecule has 1 fully saturated rings. The van der Waals surface area contributed by atoms with Gasteiger partial charge in [0.1, 0.15) is 0 Å². The van der Waals surface area contributed by atoms with Gasteiger partial charge in [-0.15, -0.1) is 0 Å². The van der Waals surface area contributed by atoms with Crippen LogP contribution in [0.2, 0.25) is 0 Å². The molecule has 2 nitrogen and oxygen atoms in total. The second kappa shape index (κ2) is 5.02. The van der Waals surface area contributed by atoms with Crippen LogP contribution in [0.25, 0.3) is 0 Å². The van der Waals surface area contributed by atoms with Crippen molar-refractivity contribution in [2.24, 2.45) is 11.3 Å². The first-order chi connectivity index (χ1) is 8.43. The van der Waals surface area contributed by atoms with Gasteiger partial charge >= 0.3 is 0 Å². The van der Waals surface area contributed by atoms with E-state index in [1.165, 1.54) is 5.56 Å². The van der Waals surface area contributed by atoms with Crippen LogP contribution in [0.1, 0.15) is 45.7 Å². The molecule has 0 bridgehead atoms. The minimum atomic E-state index is -0.168. The number of aliphatic hydroxyl groups excluding tert-OH is 1. The van der Waals surface area contributed by atoms with Gasteiger partial charge in [0.25, 0.3) is 0 Å². The van der Waals surface area contributed by atoms with Crippen molar-refractivity contribution in [2.75, 3.05) is 0 Å². The lowest BCUT2D eigenvalue weighted by atomic mass is 9.64. The van der Waals surface area contributed by atoms with Crippen LogP contribution in [0.5, 0.6) is 0 Å². The third kappa shape index (κ3) is 2.45. The van der Waals surface area contributed by atoms with E-state index in [-0.39, 0.29) is 11.5 Å². The molecule has 0 spiro atoms. The molecule has 3 atom stereocenters. The molecule has 0 saturated heterocycles. The van der Waals surface area contributed by atoms with Crippen molar-refractivity contribution < 1.29 is 5.11 Å². The van der Waals surface area contributed by atoms with Gasteiger partial charge in [-0.05, 0) is 17.9 Å². The highest BCUT2D eigenvalue weighted by molar-refractivity contribution is 5.20. The van der Waals surface area contributed by atoms with Crippen molar-refractivity contribution in [2.45, 2.75) is 52.3 Å². The molecule has 1 saturated carbocycles. The summed E-state index contributed by atoms with van der Waals surface area (Å²) in [7, 11) is 0. The predicted octanol–water partition coefficient (Wildman–Crippen LogP) is 3.13. The van der Waals surface area contributed by atoms with E-state index in [0.717, 1.165) is 6.42 Å². The van der Waals surface area contributed by atoms with Crippen LogP contribution in [-0.2, 0) is 0 Å². The topological polar surface area (TPSA) is 32.3 Å². The Morgan fingerprint density at radius 1 is 1.22 bits per heavy atom. The molecule has 0 radical (unpaired) electrons. The van der Waals surface area contributed by atoms with Crippen LogP contribution in [0.15, 0.2) is 30.3 Å². The summed E-state index contributed by atoms with van der Waals surface area (Å²) < 4.78 is 0. The van der Waals surface area contributed by atoms with Crippen molar-refractivity contribution in [1.29, 1.82) is 0 Å². The largest absolute Gasteiger partial charge is 0.392 e. The highest BCUT2D eigenvalue weighted by Crippen LogP contribution is 2.42. The molecule has 3 unspecified atom stereocenters. The SMILES string of the molecule is CC(C)C(NC1CC(O)C1(C)C)c1ccccc1. The Hall–Kier alpha value is -0.860. The Kier molecular flexibility index (Phi) is 3.79. The summed E-state index contributed by atoms with van der Waals surface area (Å²) in [5.41, 5.74) is 1.33. The Morgan fingerprint density at radius 3 is 2.28 bits per heavy atom. The molecule has 0 amide bonds. The van der Waals surface area contributed by atoms with Gasteiger partial charge in [-0.1, -0.05) is 58.0 Å². The summed E-state index contributed by atoms with van der Waals surface area (Å²) in [4.78, 5) is 0. The molecule has 1 aromatic rings. The molecular weight excluding hydrogens is 222 g/mol. The number of hydrogen-bond acceptors (Lipinski definition) is 2. The lowest BCUT2D eigenvalue weighted by molar-refractivity contribution is -0.0777. The molecule has 0 heterocycles. The van der Waals surface area contributed by atoms with E-state index in [1.54, 1.807) is 0 Å². The minimum Gasteiger partial charge on any atom is -0.392 e. The highest BCUT2D eigenvalue weighted by Gasteiger charge is 2.47. The maximum absolute atomic E-state index is 9.83. The molecule has 2 heteroatoms. The molecule has 2 rings (SSSR count). The van der Waals surface area contributed by atoms with E-state index in [9.17, 15) is 5.11 Å². The van der Waals surface area contributed by atoms with Crippen molar-refractivity contribution in [3.05, 3.63) is 35.9 Å². The molecule has 100 valence electrons. The first-order valence-electron chi connectivity index (χ1n) is 6.92. The van der Waals surface area contributed by atoms with Gasteiger partial charge in [-0.3, -0.25) is 0 Å². The van der Waals surface area contributed by atoms with Crippen LogP contribution in [0.4, 0.5) is 0 Å². The van der Waals surface area contributed by atoms with Crippen LogP contribution < -0.4 is 5.32 Å². The third-order valence-electron chi connectivity index (χ3n) is 4.42. The summed E-state index contributed by atoms with van der Waals surface area (Å²) in [6.07, 6.45) is 0.696. The standard InChI is InChI=1S/C16H25NO/c1-11(2)15(12-8-6-5-7-9-12)17-13-10-14(18)16(13,3)4/h5-9,11,13-15,17-18H,10H2,1-4H3. The fraction of sp³-hybridized carbons (Fsp3) is 0.625. The molecule has 1 aliphatic rings. The van der Waals surface area contributed by atoms with Crippen LogP contribution in [0, 0.1) is 11.3 Å². The number of nitrogens with one attached hydrogen (secondary N) is 1. The van der Waals surface area contributed by atoms with E-state index in [0.29, 0.717) is 18.0 Å². The lowest BCUT2D eigenvalue weighted by Crippen LogP contribution is -2.60. The second-order valence-corrected chi connectivity index (χ2v) is 6.42. The van der Waals surface area contributed by atoms with Gasteiger partial charge in [0.15, 0.2) is 0 Å². The van der Waals surface area contributed by atoms with E-state index in [4.69, 9.17) is 0 Å². The van der Waals surface area contributed by atoms with Gasteiger partial charge < -0.3 is 10.4 Å². The summed E-state index contributed by atoms with van der Waals surface area (Å²) in [5, 5.41) is 13.6. The van der Waals surface area contributed by atoms with Crippen LogP contribution >= 0.6 is 0 Å². The van der Waals surface area contributed by atoms with E-state index < -0.39 is 0 Å². The van der Waals surface area contributed by atoms with Crippen molar-refractivity contribution in [3.8, 4) is 0 Å². The second-order valence-electron chi connectivity index (χ2n) is 6.42. The van der Waals surface area contributed by atoms with Crippen molar-refractivity contribution >= 4 is 0 Å². The van der Waals surface area contributed by atoms with Crippen molar-refractivity contribution in [1.82, 2.24) is 5.32 Å². The molecule has 18 heavy (non-hydrogen) atoms. The monoisotopic (exact) mass is 247 g/mol. The van der Waals surface area contributed by atoms with E-state index in [1.807, 2.05) is 0 Å². The Labute approximate surface area is 110 Å². The fourth-order valence-corrected chi connectivity index (χ4v) is 2.74. The maximum atomic E-state index is 9.83. The van der Waals surface area contributed by atoms with Crippen LogP contribution in [-0.4, -0.2) is 17.3 Å². The normalized spacial score (nSPS) is 27.9. The predicted molar refractivity (Wildman–Crippen MR) is 75.3 cm³/mol. The van der Waals surface area contributed by atoms with Crippen LogP contribution in [0.3, 0.4) is 0 Å². The van der Waals surface area contributed by atoms with E-state index in [2.05, 4.69) is 63.3 Å². The maximum Gasteiger partial charge on any atom is 0.0621 e. The summed E-state index contributed by atoms with van der Waals surface area (Å²) in [5.74, 6) is 0.543. The number of aliphatic hydroxyl groups is 1. The Morgan fingerprint density at radius 2 is 1.83 bits per heavy atom.